The van der Waals surface area contributed by atoms with Crippen molar-refractivity contribution in [3.63, 3.8) is 0 Å². The van der Waals surface area contributed by atoms with Crippen molar-refractivity contribution in [2.24, 2.45) is 4.99 Å². The molecule has 28 heavy (non-hydrogen) atoms. The Bertz CT molecular complexity index is 1150. The number of nitrogens with zero attached hydrogens (tertiary/aromatic N) is 1. The number of hydrogen-bond acceptors (Lipinski definition) is 4. The van der Waals surface area contributed by atoms with Gasteiger partial charge in [-0.05, 0) is 57.9 Å². The fraction of sp³-hybridized carbons (Fsp3) is 0.0455. The van der Waals surface area contributed by atoms with Gasteiger partial charge < -0.3 is 10.4 Å². The van der Waals surface area contributed by atoms with Gasteiger partial charge in [0.1, 0.15) is 0 Å². The number of amides is 1. The van der Waals surface area contributed by atoms with Gasteiger partial charge in [-0.25, -0.2) is 4.99 Å². The first-order valence-electron chi connectivity index (χ1n) is 8.66. The first-order chi connectivity index (χ1) is 13.6. The van der Waals surface area contributed by atoms with Crippen LogP contribution in [0.25, 0.3) is 16.8 Å². The molecular formula is C22H16N2O3S. The minimum absolute atomic E-state index is 0.0642. The number of carboxylic acids is 1. The maximum absolute atomic E-state index is 12.3. The van der Waals surface area contributed by atoms with Gasteiger partial charge in [-0.3, -0.25) is 9.59 Å². The molecule has 0 atom stereocenters. The standard InChI is InChI=1S/C22H16N2O3S/c25-20(26)13-14-4-3-7-18(11-14)23-22-24-21(27)19(28-22)12-15-8-9-16-5-1-2-6-17(16)10-15/h1-12H,13H2,(H,25,26)(H,23,24,27). The van der Waals surface area contributed by atoms with E-state index in [1.165, 1.54) is 11.8 Å². The summed E-state index contributed by atoms with van der Waals surface area (Å²) in [7, 11) is 0. The molecule has 6 heteroatoms. The van der Waals surface area contributed by atoms with Gasteiger partial charge in [0.2, 0.25) is 0 Å². The number of carbonyl (C=O) groups is 2. The summed E-state index contributed by atoms with van der Waals surface area (Å²) < 4.78 is 0. The Morgan fingerprint density at radius 3 is 2.68 bits per heavy atom. The van der Waals surface area contributed by atoms with Crippen molar-refractivity contribution >= 4 is 51.3 Å². The number of rotatable bonds is 4. The number of amidine groups is 1. The molecule has 3 aromatic carbocycles. The summed E-state index contributed by atoms with van der Waals surface area (Å²) in [5.41, 5.74) is 2.21. The summed E-state index contributed by atoms with van der Waals surface area (Å²) in [5.74, 6) is -1.09. The smallest absolute Gasteiger partial charge is 0.307 e. The summed E-state index contributed by atoms with van der Waals surface area (Å²) in [5, 5.41) is 14.4. The number of aliphatic carboxylic acids is 1. The zero-order chi connectivity index (χ0) is 19.5. The van der Waals surface area contributed by atoms with Gasteiger partial charge in [0.15, 0.2) is 5.17 Å². The molecule has 4 rings (SSSR count). The molecule has 1 heterocycles. The second-order valence-corrected chi connectivity index (χ2v) is 7.36. The monoisotopic (exact) mass is 388 g/mol. The highest BCUT2D eigenvalue weighted by molar-refractivity contribution is 8.18. The maximum atomic E-state index is 12.3. The van der Waals surface area contributed by atoms with Crippen molar-refractivity contribution in [2.75, 3.05) is 0 Å². The lowest BCUT2D eigenvalue weighted by Gasteiger charge is -2.00. The largest absolute Gasteiger partial charge is 0.481 e. The van der Waals surface area contributed by atoms with Gasteiger partial charge in [0, 0.05) is 0 Å². The number of carbonyl (C=O) groups excluding carboxylic acids is 1. The summed E-state index contributed by atoms with van der Waals surface area (Å²) in [6, 6.07) is 21.1. The van der Waals surface area contributed by atoms with Crippen molar-refractivity contribution in [1.29, 1.82) is 0 Å². The second kappa shape index (κ2) is 7.70. The van der Waals surface area contributed by atoms with Crippen LogP contribution in [0.4, 0.5) is 5.69 Å². The van der Waals surface area contributed by atoms with Crippen molar-refractivity contribution in [2.45, 2.75) is 6.42 Å². The van der Waals surface area contributed by atoms with Gasteiger partial charge in [0.05, 0.1) is 17.0 Å². The van der Waals surface area contributed by atoms with E-state index in [2.05, 4.69) is 10.3 Å². The van der Waals surface area contributed by atoms with Gasteiger partial charge in [0.25, 0.3) is 5.91 Å². The van der Waals surface area contributed by atoms with E-state index in [4.69, 9.17) is 5.11 Å². The lowest BCUT2D eigenvalue weighted by Crippen LogP contribution is -2.19. The molecule has 0 saturated carbocycles. The minimum Gasteiger partial charge on any atom is -0.481 e. The summed E-state index contributed by atoms with van der Waals surface area (Å²) in [6.07, 6.45) is 1.78. The predicted octanol–water partition coefficient (Wildman–Crippen LogP) is 4.36. The molecule has 2 N–H and O–H groups in total. The minimum atomic E-state index is -0.894. The molecule has 0 aliphatic carbocycles. The molecule has 1 saturated heterocycles. The van der Waals surface area contributed by atoms with Crippen LogP contribution in [-0.4, -0.2) is 22.2 Å². The molecule has 1 amide bonds. The molecule has 1 aliphatic rings. The van der Waals surface area contributed by atoms with Crippen molar-refractivity contribution < 1.29 is 14.7 Å². The summed E-state index contributed by atoms with van der Waals surface area (Å²) >= 11 is 1.27. The Labute approximate surface area is 165 Å². The van der Waals surface area contributed by atoms with Crippen LogP contribution in [0.3, 0.4) is 0 Å². The highest BCUT2D eigenvalue weighted by Crippen LogP contribution is 2.29. The summed E-state index contributed by atoms with van der Waals surface area (Å²) in [6.45, 7) is 0. The number of hydrogen-bond donors (Lipinski definition) is 2. The predicted molar refractivity (Wildman–Crippen MR) is 113 cm³/mol. The Morgan fingerprint density at radius 2 is 1.86 bits per heavy atom. The Kier molecular flexibility index (Phi) is 4.95. The number of thioether (sulfide) groups is 1. The third kappa shape index (κ3) is 4.13. The molecule has 0 radical (unpaired) electrons. The Balaban J connectivity index is 1.57. The van der Waals surface area contributed by atoms with E-state index in [0.29, 0.717) is 21.3 Å². The second-order valence-electron chi connectivity index (χ2n) is 6.33. The van der Waals surface area contributed by atoms with Crippen LogP contribution in [0.1, 0.15) is 11.1 Å². The van der Waals surface area contributed by atoms with Gasteiger partial charge >= 0.3 is 5.97 Å². The van der Waals surface area contributed by atoms with Crippen LogP contribution in [-0.2, 0) is 16.0 Å². The first kappa shape index (κ1) is 18.0. The molecule has 1 fully saturated rings. The molecule has 5 nitrogen and oxygen atoms in total. The van der Waals surface area contributed by atoms with E-state index in [-0.39, 0.29) is 12.3 Å². The van der Waals surface area contributed by atoms with Crippen molar-refractivity contribution in [3.05, 3.63) is 82.8 Å². The molecule has 0 unspecified atom stereocenters. The zero-order valence-electron chi connectivity index (χ0n) is 14.8. The number of aliphatic imine (C=N–C) groups is 1. The fourth-order valence-electron chi connectivity index (χ4n) is 2.96. The molecule has 0 spiro atoms. The van der Waals surface area contributed by atoms with Crippen molar-refractivity contribution in [3.8, 4) is 0 Å². The molecule has 0 aromatic heterocycles. The maximum Gasteiger partial charge on any atom is 0.307 e. The quantitative estimate of drug-likeness (QED) is 0.651. The van der Waals surface area contributed by atoms with Crippen LogP contribution in [0.2, 0.25) is 0 Å². The number of fused-ring (bicyclic) bond motifs is 1. The fourth-order valence-corrected chi connectivity index (χ4v) is 3.80. The molecule has 0 bridgehead atoms. The van der Waals surface area contributed by atoms with E-state index < -0.39 is 5.97 Å². The van der Waals surface area contributed by atoms with E-state index in [1.54, 1.807) is 24.3 Å². The molecule has 138 valence electrons. The van der Waals surface area contributed by atoms with Crippen LogP contribution < -0.4 is 5.32 Å². The normalized spacial score (nSPS) is 16.6. The van der Waals surface area contributed by atoms with E-state index in [9.17, 15) is 9.59 Å². The van der Waals surface area contributed by atoms with E-state index in [0.717, 1.165) is 16.3 Å². The SMILES string of the molecule is O=C(O)Cc1cccc(N=C2NC(=O)C(=Cc3ccc4ccccc4c3)S2)c1. The number of nitrogens with one attached hydrogen (secondary N) is 1. The number of benzene rings is 3. The highest BCUT2D eigenvalue weighted by atomic mass is 32.2. The third-order valence-electron chi connectivity index (χ3n) is 4.22. The summed E-state index contributed by atoms with van der Waals surface area (Å²) in [4.78, 5) is 28.2. The lowest BCUT2D eigenvalue weighted by atomic mass is 10.1. The average Bonchev–Trinajstić information content (AvgIpc) is 3.00. The molecule has 3 aromatic rings. The van der Waals surface area contributed by atoms with Crippen LogP contribution in [0.15, 0.2) is 76.6 Å². The lowest BCUT2D eigenvalue weighted by molar-refractivity contribution is -0.136. The zero-order valence-corrected chi connectivity index (χ0v) is 15.6. The topological polar surface area (TPSA) is 78.8 Å². The van der Waals surface area contributed by atoms with Crippen molar-refractivity contribution in [1.82, 2.24) is 5.32 Å². The van der Waals surface area contributed by atoms with Crippen LogP contribution in [0, 0.1) is 0 Å². The van der Waals surface area contributed by atoms with E-state index >= 15 is 0 Å². The molecular weight excluding hydrogens is 372 g/mol. The van der Waals surface area contributed by atoms with Gasteiger partial charge in [-0.2, -0.15) is 0 Å². The van der Waals surface area contributed by atoms with E-state index in [1.807, 2.05) is 48.5 Å². The first-order valence-corrected chi connectivity index (χ1v) is 9.48. The third-order valence-corrected chi connectivity index (χ3v) is 5.13. The van der Waals surface area contributed by atoms with Crippen LogP contribution >= 0.6 is 11.8 Å². The van der Waals surface area contributed by atoms with Gasteiger partial charge in [-0.15, -0.1) is 0 Å². The number of carboxylic acid groups (broad SMARTS) is 1. The Hall–Kier alpha value is -3.38. The Morgan fingerprint density at radius 1 is 1.04 bits per heavy atom. The molecule has 1 aliphatic heterocycles. The highest BCUT2D eigenvalue weighted by Gasteiger charge is 2.23. The van der Waals surface area contributed by atoms with Crippen LogP contribution in [0.5, 0.6) is 0 Å². The van der Waals surface area contributed by atoms with Gasteiger partial charge in [-0.1, -0.05) is 48.5 Å². The average molecular weight is 388 g/mol.